The van der Waals surface area contributed by atoms with Gasteiger partial charge in [-0.25, -0.2) is 0 Å². The molecule has 0 N–H and O–H groups in total. The van der Waals surface area contributed by atoms with Crippen LogP contribution >= 0.6 is 12.2 Å². The van der Waals surface area contributed by atoms with E-state index in [0.29, 0.717) is 37.8 Å². The number of benzene rings is 2. The molecule has 0 unspecified atom stereocenters. The van der Waals surface area contributed by atoms with Crippen molar-refractivity contribution in [2.24, 2.45) is 0 Å². The molecule has 1 saturated heterocycles. The first-order valence-corrected chi connectivity index (χ1v) is 12.0. The Morgan fingerprint density at radius 3 is 2.36 bits per heavy atom. The zero-order chi connectivity index (χ0) is 26.3. The van der Waals surface area contributed by atoms with Crippen LogP contribution < -0.4 is 9.80 Å². The van der Waals surface area contributed by atoms with E-state index in [1.807, 2.05) is 24.3 Å². The van der Waals surface area contributed by atoms with Gasteiger partial charge in [-0.2, -0.15) is 18.4 Å². The molecule has 2 aromatic rings. The van der Waals surface area contributed by atoms with Gasteiger partial charge in [0.15, 0.2) is 5.11 Å². The van der Waals surface area contributed by atoms with E-state index in [1.54, 1.807) is 30.0 Å². The molecule has 0 atom stereocenters. The molecular formula is C26H25F3N4O2S. The lowest BCUT2D eigenvalue weighted by molar-refractivity contribution is -0.137. The molecule has 1 spiro atoms. The van der Waals surface area contributed by atoms with E-state index in [-0.39, 0.29) is 22.3 Å². The summed E-state index contributed by atoms with van der Waals surface area (Å²) >= 11 is 5.61. The zero-order valence-corrected chi connectivity index (χ0v) is 20.7. The summed E-state index contributed by atoms with van der Waals surface area (Å²) in [5.74, 6) is -0.430. The van der Waals surface area contributed by atoms with E-state index in [2.05, 4.69) is 0 Å². The highest BCUT2D eigenvalue weighted by atomic mass is 32.1. The van der Waals surface area contributed by atoms with Crippen LogP contribution in [-0.4, -0.2) is 41.5 Å². The number of nitrogens with zero attached hydrogens (tertiary/aromatic N) is 4. The molecule has 36 heavy (non-hydrogen) atoms. The first-order chi connectivity index (χ1) is 17.0. The molecule has 2 amide bonds. The summed E-state index contributed by atoms with van der Waals surface area (Å²) in [5.41, 5.74) is -0.975. The summed E-state index contributed by atoms with van der Waals surface area (Å²) in [7, 11) is 3.43. The lowest BCUT2D eigenvalue weighted by atomic mass is 9.75. The maximum atomic E-state index is 13.9. The normalized spacial score (nSPS) is 16.8. The maximum Gasteiger partial charge on any atom is 0.418 e. The highest BCUT2D eigenvalue weighted by molar-refractivity contribution is 7.81. The predicted octanol–water partition coefficient (Wildman–Crippen LogP) is 5.05. The molecule has 0 radical (unpaired) electrons. The number of alkyl halides is 3. The smallest absolute Gasteiger partial charge is 0.349 e. The van der Waals surface area contributed by atoms with Crippen molar-refractivity contribution in [3.8, 4) is 6.07 Å². The maximum absolute atomic E-state index is 13.9. The number of anilines is 2. The molecule has 2 aromatic carbocycles. The lowest BCUT2D eigenvalue weighted by Crippen LogP contribution is -2.55. The highest BCUT2D eigenvalue weighted by Crippen LogP contribution is 2.49. The van der Waals surface area contributed by atoms with Gasteiger partial charge in [-0.15, -0.1) is 0 Å². The fraction of sp³-hybridized carbons (Fsp3) is 0.385. The second-order valence-electron chi connectivity index (χ2n) is 9.29. The van der Waals surface area contributed by atoms with Gasteiger partial charge in [-0.1, -0.05) is 12.1 Å². The second kappa shape index (κ2) is 9.54. The van der Waals surface area contributed by atoms with Crippen molar-refractivity contribution in [2.45, 2.75) is 50.2 Å². The summed E-state index contributed by atoms with van der Waals surface area (Å²) in [4.78, 5) is 29.6. The van der Waals surface area contributed by atoms with Crippen LogP contribution in [0.25, 0.3) is 0 Å². The third kappa shape index (κ3) is 4.44. The van der Waals surface area contributed by atoms with Crippen LogP contribution in [0.2, 0.25) is 0 Å². The standard InChI is InChI=1S/C26H25F3N4O2S/c1-31(2)22(34)6-3-5-17-7-10-19(11-8-17)33-24(36)32(23(35)25(33)13-4-14-25)21-12-9-18(16-30)15-20(21)26(27,28)29/h7-12,15H,3-6,13-14H2,1-2H3. The van der Waals surface area contributed by atoms with E-state index in [4.69, 9.17) is 17.5 Å². The molecule has 188 valence electrons. The van der Waals surface area contributed by atoms with Crippen LogP contribution in [0.1, 0.15) is 48.8 Å². The topological polar surface area (TPSA) is 67.7 Å². The number of rotatable bonds is 6. The number of carbonyl (C=O) groups excluding carboxylic acids is 2. The van der Waals surface area contributed by atoms with E-state index < -0.39 is 23.2 Å². The fourth-order valence-electron chi connectivity index (χ4n) is 4.70. The average molecular weight is 515 g/mol. The Hall–Kier alpha value is -3.45. The molecule has 2 aliphatic rings. The van der Waals surface area contributed by atoms with Crippen molar-refractivity contribution in [1.29, 1.82) is 5.26 Å². The Kier molecular flexibility index (Phi) is 6.80. The molecule has 0 aromatic heterocycles. The van der Waals surface area contributed by atoms with Crippen molar-refractivity contribution >= 4 is 40.5 Å². The Labute approximate surface area is 212 Å². The average Bonchev–Trinajstić information content (AvgIpc) is 3.05. The molecule has 1 heterocycles. The second-order valence-corrected chi connectivity index (χ2v) is 9.66. The summed E-state index contributed by atoms with van der Waals surface area (Å²) in [6, 6.07) is 12.3. The lowest BCUT2D eigenvalue weighted by Gasteiger charge is -2.43. The van der Waals surface area contributed by atoms with Crippen molar-refractivity contribution in [3.05, 3.63) is 59.2 Å². The summed E-state index contributed by atoms with van der Waals surface area (Å²) in [6.45, 7) is 0. The van der Waals surface area contributed by atoms with Crippen molar-refractivity contribution in [1.82, 2.24) is 4.90 Å². The Balaban J connectivity index is 1.64. The predicted molar refractivity (Wildman–Crippen MR) is 133 cm³/mol. The van der Waals surface area contributed by atoms with Crippen LogP contribution in [0, 0.1) is 11.3 Å². The Morgan fingerprint density at radius 1 is 1.17 bits per heavy atom. The summed E-state index contributed by atoms with van der Waals surface area (Å²) in [6.07, 6.45) is -1.23. The van der Waals surface area contributed by atoms with Crippen molar-refractivity contribution in [2.75, 3.05) is 23.9 Å². The number of halogens is 3. The highest BCUT2D eigenvalue weighted by Gasteiger charge is 2.60. The van der Waals surface area contributed by atoms with Gasteiger partial charge in [0.05, 0.1) is 22.9 Å². The molecule has 4 rings (SSSR count). The Morgan fingerprint density at radius 2 is 1.83 bits per heavy atom. The van der Waals surface area contributed by atoms with Gasteiger partial charge in [-0.3, -0.25) is 14.5 Å². The van der Waals surface area contributed by atoms with E-state index >= 15 is 0 Å². The number of hydrogen-bond acceptors (Lipinski definition) is 4. The third-order valence-corrected chi connectivity index (χ3v) is 7.18. The van der Waals surface area contributed by atoms with Crippen LogP contribution in [0.3, 0.4) is 0 Å². The number of carbonyl (C=O) groups is 2. The first kappa shape index (κ1) is 25.6. The van der Waals surface area contributed by atoms with Gasteiger partial charge in [0.1, 0.15) is 5.54 Å². The van der Waals surface area contributed by atoms with E-state index in [0.717, 1.165) is 29.0 Å². The molecule has 1 saturated carbocycles. The van der Waals surface area contributed by atoms with Crippen molar-refractivity contribution < 1.29 is 22.8 Å². The van der Waals surface area contributed by atoms with Crippen LogP contribution in [0.5, 0.6) is 0 Å². The summed E-state index contributed by atoms with van der Waals surface area (Å²) < 4.78 is 41.7. The monoisotopic (exact) mass is 514 g/mol. The van der Waals surface area contributed by atoms with Gasteiger partial charge in [0.2, 0.25) is 5.91 Å². The molecule has 0 bridgehead atoms. The van der Waals surface area contributed by atoms with Gasteiger partial charge < -0.3 is 9.80 Å². The fourth-order valence-corrected chi connectivity index (χ4v) is 5.16. The minimum Gasteiger partial charge on any atom is -0.349 e. The molecule has 1 aliphatic carbocycles. The minimum absolute atomic E-state index is 0.0146. The number of nitriles is 1. The minimum atomic E-state index is -4.77. The number of thiocarbonyl (C=S) groups is 1. The van der Waals surface area contributed by atoms with Crippen molar-refractivity contribution in [3.63, 3.8) is 0 Å². The van der Waals surface area contributed by atoms with E-state index in [9.17, 15) is 22.8 Å². The molecular weight excluding hydrogens is 489 g/mol. The zero-order valence-electron chi connectivity index (χ0n) is 19.9. The van der Waals surface area contributed by atoms with Gasteiger partial charge in [0.25, 0.3) is 5.91 Å². The van der Waals surface area contributed by atoms with Crippen LogP contribution in [0.4, 0.5) is 24.5 Å². The number of amides is 2. The molecule has 6 nitrogen and oxygen atoms in total. The summed E-state index contributed by atoms with van der Waals surface area (Å²) in [5, 5.41) is 9.07. The first-order valence-electron chi connectivity index (χ1n) is 11.6. The largest absolute Gasteiger partial charge is 0.418 e. The molecule has 10 heteroatoms. The Bertz CT molecular complexity index is 1250. The van der Waals surface area contributed by atoms with Gasteiger partial charge >= 0.3 is 6.18 Å². The number of aryl methyl sites for hydroxylation is 1. The van der Waals surface area contributed by atoms with Crippen LogP contribution in [0.15, 0.2) is 42.5 Å². The van der Waals surface area contributed by atoms with Crippen LogP contribution in [-0.2, 0) is 22.2 Å². The van der Waals surface area contributed by atoms with Gasteiger partial charge in [0, 0.05) is 26.2 Å². The van der Waals surface area contributed by atoms with Gasteiger partial charge in [-0.05, 0) is 80.2 Å². The molecule has 1 aliphatic heterocycles. The SMILES string of the molecule is CN(C)C(=O)CCCc1ccc(N2C(=S)N(c3ccc(C#N)cc3C(F)(F)F)C(=O)C23CCC3)cc1. The third-order valence-electron chi connectivity index (χ3n) is 6.81. The number of hydrogen-bond donors (Lipinski definition) is 0. The quantitative estimate of drug-likeness (QED) is 0.505. The van der Waals surface area contributed by atoms with E-state index in [1.165, 1.54) is 6.07 Å². The molecule has 2 fully saturated rings.